The van der Waals surface area contributed by atoms with E-state index in [0.717, 1.165) is 18.2 Å². The van der Waals surface area contributed by atoms with Crippen molar-refractivity contribution in [3.8, 4) is 17.2 Å². The van der Waals surface area contributed by atoms with Crippen molar-refractivity contribution in [2.75, 3.05) is 21.3 Å². The second-order valence-corrected chi connectivity index (χ2v) is 7.18. The van der Waals surface area contributed by atoms with E-state index < -0.39 is 32.6 Å². The quantitative estimate of drug-likeness (QED) is 0.649. The molecule has 2 rings (SSSR count). The molecular formula is C17H17F3N2O6S. The first kappa shape index (κ1) is 22.3. The van der Waals surface area contributed by atoms with Crippen molar-refractivity contribution in [2.24, 2.45) is 0 Å². The molecule has 2 N–H and O–H groups in total. The molecule has 0 heterocycles. The lowest BCUT2D eigenvalue weighted by molar-refractivity contribution is -0.137. The number of halogens is 3. The Morgan fingerprint density at radius 1 is 0.966 bits per heavy atom. The fourth-order valence-corrected chi connectivity index (χ4v) is 3.18. The van der Waals surface area contributed by atoms with E-state index in [0.29, 0.717) is 6.07 Å². The lowest BCUT2D eigenvalue weighted by Crippen LogP contribution is -2.41. The van der Waals surface area contributed by atoms with Crippen LogP contribution in [0.25, 0.3) is 0 Å². The van der Waals surface area contributed by atoms with Gasteiger partial charge in [0.2, 0.25) is 5.75 Å². The second kappa shape index (κ2) is 8.57. The largest absolute Gasteiger partial charge is 0.493 e. The summed E-state index contributed by atoms with van der Waals surface area (Å²) in [6, 6.07) is 5.63. The normalized spacial score (nSPS) is 11.7. The molecule has 12 heteroatoms. The number of hydrazine groups is 1. The maximum Gasteiger partial charge on any atom is 0.416 e. The Morgan fingerprint density at radius 2 is 1.55 bits per heavy atom. The fraction of sp³-hybridized carbons (Fsp3) is 0.235. The molecule has 0 spiro atoms. The number of alkyl halides is 3. The summed E-state index contributed by atoms with van der Waals surface area (Å²) in [5, 5.41) is 0. The van der Waals surface area contributed by atoms with Gasteiger partial charge in [-0.2, -0.15) is 13.2 Å². The van der Waals surface area contributed by atoms with Crippen LogP contribution in [0, 0.1) is 0 Å². The molecule has 1 amide bonds. The summed E-state index contributed by atoms with van der Waals surface area (Å²) >= 11 is 0. The van der Waals surface area contributed by atoms with E-state index in [-0.39, 0.29) is 22.8 Å². The zero-order chi connectivity index (χ0) is 21.8. The highest BCUT2D eigenvalue weighted by Gasteiger charge is 2.31. The molecule has 0 atom stereocenters. The smallest absolute Gasteiger partial charge is 0.416 e. The van der Waals surface area contributed by atoms with Gasteiger partial charge >= 0.3 is 6.18 Å². The van der Waals surface area contributed by atoms with Gasteiger partial charge in [-0.05, 0) is 30.3 Å². The van der Waals surface area contributed by atoms with Gasteiger partial charge in [-0.15, -0.1) is 4.83 Å². The standard InChI is InChI=1S/C17H17F3N2O6S/c1-26-13-7-10(8-14(27-2)15(13)28-3)16(23)21-22-29(24,25)12-6-4-5-11(9-12)17(18,19)20/h4-9,22H,1-3H3,(H,21,23). The Morgan fingerprint density at radius 3 is 2.03 bits per heavy atom. The number of amides is 1. The minimum Gasteiger partial charge on any atom is -0.493 e. The molecule has 0 aliphatic carbocycles. The van der Waals surface area contributed by atoms with Crippen LogP contribution in [0.1, 0.15) is 15.9 Å². The monoisotopic (exact) mass is 434 g/mol. The molecule has 0 aliphatic rings. The van der Waals surface area contributed by atoms with Gasteiger partial charge in [-0.3, -0.25) is 10.2 Å². The third-order valence-electron chi connectivity index (χ3n) is 3.70. The number of nitrogens with one attached hydrogen (secondary N) is 2. The molecule has 0 saturated carbocycles. The maximum atomic E-state index is 12.8. The van der Waals surface area contributed by atoms with Crippen molar-refractivity contribution >= 4 is 15.9 Å². The first-order valence-electron chi connectivity index (χ1n) is 7.83. The first-order chi connectivity index (χ1) is 13.5. The van der Waals surface area contributed by atoms with E-state index in [1.54, 1.807) is 4.83 Å². The van der Waals surface area contributed by atoms with Crippen LogP contribution in [0.15, 0.2) is 41.3 Å². The fourth-order valence-electron chi connectivity index (χ4n) is 2.30. The minimum atomic E-state index is -4.72. The molecule has 158 valence electrons. The SMILES string of the molecule is COc1cc(C(=O)NNS(=O)(=O)c2cccc(C(F)(F)F)c2)cc(OC)c1OC. The number of sulfonamides is 1. The van der Waals surface area contributed by atoms with Crippen LogP contribution < -0.4 is 24.5 Å². The molecule has 0 bridgehead atoms. The third kappa shape index (κ3) is 5.09. The van der Waals surface area contributed by atoms with Gasteiger partial charge in [0.1, 0.15) is 0 Å². The Hall–Kier alpha value is -2.99. The number of carbonyl (C=O) groups excluding carboxylic acids is 1. The van der Waals surface area contributed by atoms with Crippen LogP contribution in [0.2, 0.25) is 0 Å². The highest BCUT2D eigenvalue weighted by atomic mass is 32.2. The molecule has 2 aromatic rings. The Kier molecular flexibility index (Phi) is 6.59. The summed E-state index contributed by atoms with van der Waals surface area (Å²) in [5.74, 6) is -0.383. The average molecular weight is 434 g/mol. The Labute approximate surface area is 164 Å². The van der Waals surface area contributed by atoms with Gasteiger partial charge in [-0.1, -0.05) is 6.07 Å². The minimum absolute atomic E-state index is 0.0498. The molecule has 0 radical (unpaired) electrons. The Bertz CT molecular complexity index is 983. The molecule has 0 fully saturated rings. The maximum absolute atomic E-state index is 12.8. The van der Waals surface area contributed by atoms with E-state index >= 15 is 0 Å². The number of methoxy groups -OCH3 is 3. The van der Waals surface area contributed by atoms with Crippen LogP contribution in [0.5, 0.6) is 17.2 Å². The van der Waals surface area contributed by atoms with Gasteiger partial charge in [-0.25, -0.2) is 8.42 Å². The summed E-state index contributed by atoms with van der Waals surface area (Å²) in [4.78, 5) is 13.4. The number of rotatable bonds is 7. The topological polar surface area (TPSA) is 103 Å². The summed E-state index contributed by atoms with van der Waals surface area (Å²) < 4.78 is 78.1. The average Bonchev–Trinajstić information content (AvgIpc) is 2.70. The van der Waals surface area contributed by atoms with E-state index in [2.05, 4.69) is 0 Å². The van der Waals surface area contributed by atoms with Crippen molar-refractivity contribution in [1.82, 2.24) is 10.3 Å². The number of benzene rings is 2. The van der Waals surface area contributed by atoms with Crippen molar-refractivity contribution in [1.29, 1.82) is 0 Å². The third-order valence-corrected chi connectivity index (χ3v) is 4.94. The number of carbonyl (C=O) groups is 1. The van der Waals surface area contributed by atoms with Gasteiger partial charge in [0.15, 0.2) is 11.5 Å². The number of hydrogen-bond donors (Lipinski definition) is 2. The van der Waals surface area contributed by atoms with Crippen molar-refractivity contribution in [3.63, 3.8) is 0 Å². The molecule has 0 aliphatic heterocycles. The van der Waals surface area contributed by atoms with Gasteiger partial charge in [0, 0.05) is 5.56 Å². The van der Waals surface area contributed by atoms with E-state index in [9.17, 15) is 26.4 Å². The zero-order valence-electron chi connectivity index (χ0n) is 15.5. The number of hydrogen-bond acceptors (Lipinski definition) is 6. The van der Waals surface area contributed by atoms with Crippen molar-refractivity contribution in [2.45, 2.75) is 11.1 Å². The second-order valence-electron chi connectivity index (χ2n) is 5.50. The molecule has 8 nitrogen and oxygen atoms in total. The molecule has 0 unspecified atom stereocenters. The van der Waals surface area contributed by atoms with Gasteiger partial charge in [0.05, 0.1) is 31.8 Å². The summed E-state index contributed by atoms with van der Waals surface area (Å²) in [7, 11) is -0.438. The molecule has 0 saturated heterocycles. The highest BCUT2D eigenvalue weighted by Crippen LogP contribution is 2.38. The van der Waals surface area contributed by atoms with Crippen LogP contribution >= 0.6 is 0 Å². The van der Waals surface area contributed by atoms with Gasteiger partial charge < -0.3 is 14.2 Å². The van der Waals surface area contributed by atoms with Crippen LogP contribution in [-0.4, -0.2) is 35.7 Å². The van der Waals surface area contributed by atoms with Gasteiger partial charge in [0.25, 0.3) is 15.9 Å². The summed E-state index contributed by atoms with van der Waals surface area (Å²) in [6.45, 7) is 0. The van der Waals surface area contributed by atoms with E-state index in [1.165, 1.54) is 33.5 Å². The lowest BCUT2D eigenvalue weighted by Gasteiger charge is -2.14. The van der Waals surface area contributed by atoms with E-state index in [4.69, 9.17) is 14.2 Å². The van der Waals surface area contributed by atoms with E-state index in [1.807, 2.05) is 5.43 Å². The predicted molar refractivity (Wildman–Crippen MR) is 95.3 cm³/mol. The molecule has 29 heavy (non-hydrogen) atoms. The molecule has 0 aromatic heterocycles. The molecule has 2 aromatic carbocycles. The lowest BCUT2D eigenvalue weighted by atomic mass is 10.1. The van der Waals surface area contributed by atoms with Crippen LogP contribution in [0.3, 0.4) is 0 Å². The van der Waals surface area contributed by atoms with Crippen LogP contribution in [-0.2, 0) is 16.2 Å². The van der Waals surface area contributed by atoms with Crippen molar-refractivity contribution < 1.29 is 40.6 Å². The molecular weight excluding hydrogens is 417 g/mol. The van der Waals surface area contributed by atoms with Crippen LogP contribution in [0.4, 0.5) is 13.2 Å². The summed E-state index contributed by atoms with van der Waals surface area (Å²) in [6.07, 6.45) is -4.72. The highest BCUT2D eigenvalue weighted by molar-refractivity contribution is 7.89. The summed E-state index contributed by atoms with van der Waals surface area (Å²) in [5.41, 5.74) is 0.734. The zero-order valence-corrected chi connectivity index (χ0v) is 16.3. The first-order valence-corrected chi connectivity index (χ1v) is 9.31. The predicted octanol–water partition coefficient (Wildman–Crippen LogP) is 2.35. The number of ether oxygens (including phenoxy) is 3. The van der Waals surface area contributed by atoms with Crippen molar-refractivity contribution in [3.05, 3.63) is 47.5 Å². The Balaban J connectivity index is 2.24.